The molecule has 21 heavy (non-hydrogen) atoms. The number of aromatic carboxylic acids is 1. The van der Waals surface area contributed by atoms with Crippen molar-refractivity contribution in [1.29, 1.82) is 0 Å². The van der Waals surface area contributed by atoms with Crippen molar-refractivity contribution in [2.75, 3.05) is 0 Å². The van der Waals surface area contributed by atoms with Crippen molar-refractivity contribution < 1.29 is 30.0 Å². The van der Waals surface area contributed by atoms with Crippen molar-refractivity contribution in [3.05, 3.63) is 72.8 Å². The fourth-order valence-corrected chi connectivity index (χ4v) is 1.34. The molecule has 0 aliphatic carbocycles. The predicted molar refractivity (Wildman–Crippen MR) is 71.4 cm³/mol. The Hall–Kier alpha value is -2.37. The Morgan fingerprint density at radius 2 is 1.76 bits per heavy atom. The summed E-state index contributed by atoms with van der Waals surface area (Å²) in [6.07, 6.45) is 4.73. The second-order valence-corrected chi connectivity index (χ2v) is 3.59. The number of benzene rings is 1. The van der Waals surface area contributed by atoms with Crippen molar-refractivity contribution in [3.63, 3.8) is 0 Å². The van der Waals surface area contributed by atoms with E-state index in [2.05, 4.69) is 21.2 Å². The van der Waals surface area contributed by atoms with Crippen LogP contribution in [0, 0.1) is 6.07 Å². The van der Waals surface area contributed by atoms with Gasteiger partial charge in [-0.25, -0.2) is 9.78 Å². The van der Waals surface area contributed by atoms with Crippen molar-refractivity contribution in [1.82, 2.24) is 20.0 Å². The zero-order chi connectivity index (χ0) is 14.2. The number of pyridine rings is 1. The second kappa shape index (κ2) is 8.73. The largest absolute Gasteiger partial charge is 0.477 e. The number of carbonyl (C=O) groups is 1. The summed E-state index contributed by atoms with van der Waals surface area (Å²) in [4.78, 5) is 15.2. The molecule has 0 fully saturated rings. The molecule has 0 saturated heterocycles. The van der Waals surface area contributed by atoms with Crippen LogP contribution < -0.4 is 0 Å². The van der Waals surface area contributed by atoms with Crippen molar-refractivity contribution in [2.45, 2.75) is 0 Å². The molecule has 0 saturated carbocycles. The van der Waals surface area contributed by atoms with E-state index in [-0.39, 0.29) is 25.8 Å². The number of hydrogen-bond acceptors (Lipinski definition) is 4. The first kappa shape index (κ1) is 16.7. The fourth-order valence-electron chi connectivity index (χ4n) is 1.34. The van der Waals surface area contributed by atoms with Crippen LogP contribution in [0.3, 0.4) is 0 Å². The van der Waals surface area contributed by atoms with Gasteiger partial charge in [-0.2, -0.15) is 39.3 Å². The molecule has 0 atom stereocenters. The third-order valence-corrected chi connectivity index (χ3v) is 2.21. The minimum absolute atomic E-state index is 0. The van der Waals surface area contributed by atoms with Crippen molar-refractivity contribution >= 4 is 5.97 Å². The van der Waals surface area contributed by atoms with E-state index in [1.54, 1.807) is 24.5 Å². The van der Waals surface area contributed by atoms with Crippen LogP contribution in [0.15, 0.2) is 61.1 Å². The van der Waals surface area contributed by atoms with Gasteiger partial charge < -0.3 is 5.11 Å². The van der Waals surface area contributed by atoms with Crippen molar-refractivity contribution in [3.8, 4) is 5.69 Å². The molecule has 109 valence electrons. The first-order valence-corrected chi connectivity index (χ1v) is 5.75. The van der Waals surface area contributed by atoms with Crippen molar-refractivity contribution in [2.24, 2.45) is 0 Å². The van der Waals surface area contributed by atoms with Gasteiger partial charge in [-0.1, -0.05) is 6.07 Å². The summed E-state index contributed by atoms with van der Waals surface area (Å²) in [7, 11) is 0. The number of para-hydroxylation sites is 1. The van der Waals surface area contributed by atoms with E-state index in [9.17, 15) is 4.79 Å². The smallest absolute Gasteiger partial charge is 0.354 e. The molecule has 2 aromatic heterocycles. The Balaban J connectivity index is 0.000000205. The SMILES string of the molecule is O=C(O)c1ccccn1.[Ir].[c-]1ccccc1-n1nccn1. The molecule has 0 amide bonds. The number of aromatic nitrogens is 4. The maximum absolute atomic E-state index is 10.1. The molecule has 0 bridgehead atoms. The molecule has 6 nitrogen and oxygen atoms in total. The quantitative estimate of drug-likeness (QED) is 0.592. The molecular weight excluding hydrogens is 448 g/mol. The molecule has 0 unspecified atom stereocenters. The first-order chi connectivity index (χ1) is 9.77. The normalized spacial score (nSPS) is 8.95. The summed E-state index contributed by atoms with van der Waals surface area (Å²) in [6, 6.07) is 15.3. The van der Waals surface area contributed by atoms with Gasteiger partial charge in [-0.3, -0.25) is 0 Å². The standard InChI is InChI=1S/C8H6N3.C6H5NO2.Ir/c1-2-4-8(5-3-1)11-9-6-7-10-11;8-6(9)5-3-1-2-4-7-5;/h1-4,6-7H;1-4H,(H,8,9);/q-1;;. The summed E-state index contributed by atoms with van der Waals surface area (Å²) in [5, 5.41) is 16.2. The molecule has 7 heteroatoms. The number of hydrogen-bond donors (Lipinski definition) is 1. The Labute approximate surface area is 134 Å². The van der Waals surface area contributed by atoms with Gasteiger partial charge in [0.15, 0.2) is 0 Å². The summed E-state index contributed by atoms with van der Waals surface area (Å²) >= 11 is 0. The Morgan fingerprint density at radius 3 is 2.24 bits per heavy atom. The molecule has 1 radical (unpaired) electrons. The molecule has 0 aliphatic heterocycles. The van der Waals surface area contributed by atoms with E-state index in [0.717, 1.165) is 5.69 Å². The van der Waals surface area contributed by atoms with Crippen LogP contribution in [0.1, 0.15) is 10.5 Å². The molecule has 1 aromatic carbocycles. The number of carboxylic acids is 1. The van der Waals surface area contributed by atoms with Crippen LogP contribution in [-0.4, -0.2) is 31.1 Å². The van der Waals surface area contributed by atoms with E-state index < -0.39 is 5.97 Å². The monoisotopic (exact) mass is 460 g/mol. The Morgan fingerprint density at radius 1 is 1.05 bits per heavy atom. The van der Waals surface area contributed by atoms with Crippen LogP contribution in [0.2, 0.25) is 0 Å². The van der Waals surface area contributed by atoms with Gasteiger partial charge in [0.05, 0.1) is 12.4 Å². The topological polar surface area (TPSA) is 80.9 Å². The number of carboxylic acid groups (broad SMARTS) is 1. The van der Waals surface area contributed by atoms with E-state index in [0.29, 0.717) is 0 Å². The van der Waals surface area contributed by atoms with Gasteiger partial charge in [0.2, 0.25) is 0 Å². The van der Waals surface area contributed by atoms with Crippen LogP contribution in [0.4, 0.5) is 0 Å². The summed E-state index contributed by atoms with van der Waals surface area (Å²) in [6.45, 7) is 0. The molecule has 1 N–H and O–H groups in total. The van der Waals surface area contributed by atoms with Crippen LogP contribution in [-0.2, 0) is 20.1 Å². The maximum atomic E-state index is 10.1. The first-order valence-electron chi connectivity index (χ1n) is 5.75. The third kappa shape index (κ3) is 5.25. The number of nitrogens with zero attached hydrogens (tertiary/aromatic N) is 4. The zero-order valence-electron chi connectivity index (χ0n) is 10.8. The average Bonchev–Trinajstić information content (AvgIpc) is 3.04. The van der Waals surface area contributed by atoms with Crippen LogP contribution in [0.5, 0.6) is 0 Å². The molecule has 3 aromatic rings. The Bertz CT molecular complexity index is 645. The minimum atomic E-state index is -0.990. The van der Waals surface area contributed by atoms with E-state index in [1.807, 2.05) is 24.3 Å². The van der Waals surface area contributed by atoms with Gasteiger partial charge in [0.25, 0.3) is 0 Å². The van der Waals surface area contributed by atoms with Gasteiger partial charge in [-0.05, 0) is 17.8 Å². The van der Waals surface area contributed by atoms with Gasteiger partial charge >= 0.3 is 5.97 Å². The maximum Gasteiger partial charge on any atom is 0.354 e. The summed E-state index contributed by atoms with van der Waals surface area (Å²) in [5.41, 5.74) is 0.940. The molecule has 0 spiro atoms. The minimum Gasteiger partial charge on any atom is -0.477 e. The molecular formula is C14H11IrN4O2-. The fraction of sp³-hybridized carbons (Fsp3) is 0. The molecule has 2 heterocycles. The number of rotatable bonds is 2. The molecule has 0 aliphatic rings. The summed E-state index contributed by atoms with van der Waals surface area (Å²) in [5.74, 6) is -0.990. The van der Waals surface area contributed by atoms with Gasteiger partial charge in [0.1, 0.15) is 5.69 Å². The average molecular weight is 459 g/mol. The van der Waals surface area contributed by atoms with E-state index in [4.69, 9.17) is 5.11 Å². The second-order valence-electron chi connectivity index (χ2n) is 3.59. The zero-order valence-corrected chi connectivity index (χ0v) is 13.1. The summed E-state index contributed by atoms with van der Waals surface area (Å²) < 4.78 is 0. The predicted octanol–water partition coefficient (Wildman–Crippen LogP) is 1.84. The molecule has 3 rings (SSSR count). The van der Waals surface area contributed by atoms with Crippen LogP contribution >= 0.6 is 0 Å². The van der Waals surface area contributed by atoms with E-state index >= 15 is 0 Å². The van der Waals surface area contributed by atoms with Gasteiger partial charge in [-0.15, -0.1) is 6.07 Å². The van der Waals surface area contributed by atoms with Crippen LogP contribution in [0.25, 0.3) is 5.69 Å². The van der Waals surface area contributed by atoms with Gasteiger partial charge in [0, 0.05) is 26.3 Å². The van der Waals surface area contributed by atoms with E-state index in [1.165, 1.54) is 17.1 Å². The Kier molecular flexibility index (Phi) is 6.94. The third-order valence-electron chi connectivity index (χ3n) is 2.21.